The quantitative estimate of drug-likeness (QED) is 0.902. The van der Waals surface area contributed by atoms with Gasteiger partial charge in [0.25, 0.3) is 5.91 Å². The molecule has 2 heterocycles. The molecule has 0 aliphatic carbocycles. The maximum Gasteiger partial charge on any atom is 0.255 e. The van der Waals surface area contributed by atoms with Crippen LogP contribution in [0.3, 0.4) is 0 Å². The smallest absolute Gasteiger partial charge is 0.255 e. The first-order valence-electron chi connectivity index (χ1n) is 6.90. The second kappa shape index (κ2) is 5.90. The SMILES string of the molecule is CCn1cc(CNC(=O)c2c(C)nn(CC)c2C)cn1. The molecular formula is C14H21N5O. The van der Waals surface area contributed by atoms with Gasteiger partial charge in [0.05, 0.1) is 17.5 Å². The van der Waals surface area contributed by atoms with Crippen molar-refractivity contribution in [2.75, 3.05) is 0 Å². The Kier molecular flexibility index (Phi) is 4.22. The number of nitrogens with one attached hydrogen (secondary N) is 1. The van der Waals surface area contributed by atoms with E-state index in [1.165, 1.54) is 0 Å². The molecule has 108 valence electrons. The van der Waals surface area contributed by atoms with Crippen LogP contribution in [0.5, 0.6) is 0 Å². The van der Waals surface area contributed by atoms with Crippen molar-refractivity contribution in [3.8, 4) is 0 Å². The fraction of sp³-hybridized carbons (Fsp3) is 0.500. The summed E-state index contributed by atoms with van der Waals surface area (Å²) in [6, 6.07) is 0. The summed E-state index contributed by atoms with van der Waals surface area (Å²) in [4.78, 5) is 12.3. The first kappa shape index (κ1) is 14.3. The van der Waals surface area contributed by atoms with Crippen molar-refractivity contribution in [2.45, 2.75) is 47.3 Å². The van der Waals surface area contributed by atoms with E-state index in [9.17, 15) is 4.79 Å². The van der Waals surface area contributed by atoms with E-state index in [-0.39, 0.29) is 5.91 Å². The van der Waals surface area contributed by atoms with Gasteiger partial charge in [-0.1, -0.05) is 0 Å². The lowest BCUT2D eigenvalue weighted by molar-refractivity contribution is 0.0949. The average Bonchev–Trinajstić information content (AvgIpc) is 3.00. The summed E-state index contributed by atoms with van der Waals surface area (Å²) in [5.41, 5.74) is 3.35. The number of aryl methyl sites for hydroxylation is 3. The van der Waals surface area contributed by atoms with Crippen LogP contribution in [0, 0.1) is 13.8 Å². The molecule has 0 spiro atoms. The third-order valence-corrected chi connectivity index (χ3v) is 3.37. The molecule has 0 fully saturated rings. The van der Waals surface area contributed by atoms with Gasteiger partial charge in [0, 0.05) is 37.1 Å². The molecule has 1 N–H and O–H groups in total. The number of hydrogen-bond acceptors (Lipinski definition) is 3. The number of hydrogen-bond donors (Lipinski definition) is 1. The molecule has 1 amide bonds. The molecule has 0 aliphatic heterocycles. The van der Waals surface area contributed by atoms with E-state index in [1.54, 1.807) is 6.20 Å². The molecule has 0 unspecified atom stereocenters. The zero-order valence-electron chi connectivity index (χ0n) is 12.5. The van der Waals surface area contributed by atoms with E-state index >= 15 is 0 Å². The first-order chi connectivity index (χ1) is 9.56. The van der Waals surface area contributed by atoms with E-state index in [0.717, 1.165) is 30.0 Å². The fourth-order valence-electron chi connectivity index (χ4n) is 2.27. The predicted molar refractivity (Wildman–Crippen MR) is 76.4 cm³/mol. The second-order valence-corrected chi connectivity index (χ2v) is 4.75. The number of nitrogens with zero attached hydrogens (tertiary/aromatic N) is 4. The van der Waals surface area contributed by atoms with E-state index < -0.39 is 0 Å². The van der Waals surface area contributed by atoms with Gasteiger partial charge < -0.3 is 5.32 Å². The number of aromatic nitrogens is 4. The van der Waals surface area contributed by atoms with E-state index in [1.807, 2.05) is 43.3 Å². The molecular weight excluding hydrogens is 254 g/mol. The van der Waals surface area contributed by atoms with Crippen LogP contribution in [-0.2, 0) is 19.6 Å². The first-order valence-corrected chi connectivity index (χ1v) is 6.90. The highest BCUT2D eigenvalue weighted by molar-refractivity contribution is 5.96. The van der Waals surface area contributed by atoms with E-state index in [4.69, 9.17) is 0 Å². The average molecular weight is 275 g/mol. The molecule has 0 aromatic carbocycles. The van der Waals surface area contributed by atoms with Gasteiger partial charge >= 0.3 is 0 Å². The summed E-state index contributed by atoms with van der Waals surface area (Å²) in [6.07, 6.45) is 3.72. The molecule has 0 saturated heterocycles. The largest absolute Gasteiger partial charge is 0.348 e. The summed E-state index contributed by atoms with van der Waals surface area (Å²) < 4.78 is 3.69. The van der Waals surface area contributed by atoms with Crippen LogP contribution in [0.25, 0.3) is 0 Å². The summed E-state index contributed by atoms with van der Waals surface area (Å²) in [5.74, 6) is -0.0797. The zero-order chi connectivity index (χ0) is 14.7. The van der Waals surface area contributed by atoms with Gasteiger partial charge in [-0.25, -0.2) is 0 Å². The predicted octanol–water partition coefficient (Wildman–Crippen LogP) is 1.67. The maximum atomic E-state index is 12.3. The second-order valence-electron chi connectivity index (χ2n) is 4.75. The van der Waals surface area contributed by atoms with E-state index in [2.05, 4.69) is 15.5 Å². The van der Waals surface area contributed by atoms with Crippen molar-refractivity contribution >= 4 is 5.91 Å². The molecule has 2 aromatic heterocycles. The number of amides is 1. The van der Waals surface area contributed by atoms with Crippen LogP contribution in [0.15, 0.2) is 12.4 Å². The lowest BCUT2D eigenvalue weighted by atomic mass is 10.2. The minimum atomic E-state index is -0.0797. The standard InChI is InChI=1S/C14H21N5O/c1-5-18-9-12(8-16-18)7-15-14(20)13-10(3)17-19(6-2)11(13)4/h8-9H,5-7H2,1-4H3,(H,15,20). The Hall–Kier alpha value is -2.11. The molecule has 0 saturated carbocycles. The van der Waals surface area contributed by atoms with Crippen molar-refractivity contribution in [1.29, 1.82) is 0 Å². The van der Waals surface area contributed by atoms with Gasteiger partial charge in [-0.2, -0.15) is 10.2 Å². The summed E-state index contributed by atoms with van der Waals surface area (Å²) in [5, 5.41) is 11.5. The molecule has 2 rings (SSSR count). The van der Waals surface area contributed by atoms with Gasteiger partial charge in [-0.05, 0) is 27.7 Å². The van der Waals surface area contributed by atoms with Crippen LogP contribution in [0.2, 0.25) is 0 Å². The fourth-order valence-corrected chi connectivity index (χ4v) is 2.27. The minimum Gasteiger partial charge on any atom is -0.348 e. The molecule has 0 aliphatic rings. The third kappa shape index (κ3) is 2.74. The third-order valence-electron chi connectivity index (χ3n) is 3.37. The Bertz CT molecular complexity index is 611. The topological polar surface area (TPSA) is 64.7 Å². The maximum absolute atomic E-state index is 12.3. The Morgan fingerprint density at radius 1 is 1.30 bits per heavy atom. The molecule has 6 nitrogen and oxygen atoms in total. The summed E-state index contributed by atoms with van der Waals surface area (Å²) in [6.45, 7) is 9.91. The van der Waals surface area contributed by atoms with Gasteiger partial charge in [0.2, 0.25) is 0 Å². The minimum absolute atomic E-state index is 0.0797. The lowest BCUT2D eigenvalue weighted by Gasteiger charge is -2.04. The number of carbonyl (C=O) groups is 1. The summed E-state index contributed by atoms with van der Waals surface area (Å²) in [7, 11) is 0. The van der Waals surface area contributed by atoms with Crippen LogP contribution < -0.4 is 5.32 Å². The Labute approximate surface area is 118 Å². The van der Waals surface area contributed by atoms with Gasteiger partial charge in [0.1, 0.15) is 0 Å². The highest BCUT2D eigenvalue weighted by Crippen LogP contribution is 2.13. The van der Waals surface area contributed by atoms with Crippen LogP contribution in [-0.4, -0.2) is 25.5 Å². The van der Waals surface area contributed by atoms with Crippen molar-refractivity contribution < 1.29 is 4.79 Å². The highest BCUT2D eigenvalue weighted by atomic mass is 16.1. The molecule has 0 radical (unpaired) electrons. The van der Waals surface area contributed by atoms with Crippen molar-refractivity contribution in [1.82, 2.24) is 24.9 Å². The number of rotatable bonds is 5. The van der Waals surface area contributed by atoms with Gasteiger partial charge in [0.15, 0.2) is 0 Å². The Morgan fingerprint density at radius 2 is 2.05 bits per heavy atom. The van der Waals surface area contributed by atoms with Crippen molar-refractivity contribution in [3.63, 3.8) is 0 Å². The Morgan fingerprint density at radius 3 is 2.60 bits per heavy atom. The van der Waals surface area contributed by atoms with Gasteiger partial charge in [-0.15, -0.1) is 0 Å². The van der Waals surface area contributed by atoms with Crippen molar-refractivity contribution in [3.05, 3.63) is 34.9 Å². The van der Waals surface area contributed by atoms with Crippen molar-refractivity contribution in [2.24, 2.45) is 0 Å². The Balaban J connectivity index is 2.07. The molecule has 6 heteroatoms. The highest BCUT2D eigenvalue weighted by Gasteiger charge is 2.17. The van der Waals surface area contributed by atoms with Crippen LogP contribution in [0.1, 0.15) is 41.2 Å². The molecule has 20 heavy (non-hydrogen) atoms. The zero-order valence-corrected chi connectivity index (χ0v) is 12.5. The molecule has 2 aromatic rings. The van der Waals surface area contributed by atoms with Crippen LogP contribution in [0.4, 0.5) is 0 Å². The monoisotopic (exact) mass is 275 g/mol. The normalized spacial score (nSPS) is 10.8. The lowest BCUT2D eigenvalue weighted by Crippen LogP contribution is -2.23. The van der Waals surface area contributed by atoms with Gasteiger partial charge in [-0.3, -0.25) is 14.2 Å². The summed E-state index contributed by atoms with van der Waals surface area (Å²) >= 11 is 0. The number of carbonyl (C=O) groups excluding carboxylic acids is 1. The van der Waals surface area contributed by atoms with E-state index in [0.29, 0.717) is 12.1 Å². The molecule has 0 bridgehead atoms. The molecule has 0 atom stereocenters. The van der Waals surface area contributed by atoms with Crippen LogP contribution >= 0.6 is 0 Å².